The van der Waals surface area contributed by atoms with Crippen LogP contribution in [-0.4, -0.2) is 27.3 Å². The topological polar surface area (TPSA) is 42.5 Å². The van der Waals surface area contributed by atoms with E-state index in [1.54, 1.807) is 14.2 Å². The van der Waals surface area contributed by atoms with Crippen LogP contribution in [0.25, 0.3) is 0 Å². The van der Waals surface area contributed by atoms with Gasteiger partial charge in [-0.25, -0.2) is 0 Å². The summed E-state index contributed by atoms with van der Waals surface area (Å²) in [5.74, 6) is 1.62. The van der Waals surface area contributed by atoms with Gasteiger partial charge in [0.15, 0.2) is 0 Å². The fraction of sp³-hybridized carbons (Fsp3) is 0.333. The third-order valence-electron chi connectivity index (χ3n) is 3.68. The molecule has 0 aliphatic carbocycles. The molecule has 0 aliphatic heterocycles. The summed E-state index contributed by atoms with van der Waals surface area (Å²) in [7, 11) is 3.33. The maximum absolute atomic E-state index is 5.35. The van der Waals surface area contributed by atoms with Crippen LogP contribution in [0.3, 0.4) is 0 Å². The summed E-state index contributed by atoms with van der Waals surface area (Å²) in [6.07, 6.45) is 0. The Hall–Kier alpha value is -2.36. The first-order valence-corrected chi connectivity index (χ1v) is 7.41. The predicted octanol–water partition coefficient (Wildman–Crippen LogP) is 3.84. The van der Waals surface area contributed by atoms with Gasteiger partial charge in [-0.05, 0) is 49.2 Å². The van der Waals surface area contributed by atoms with Crippen molar-refractivity contribution >= 4 is 11.4 Å². The summed E-state index contributed by atoms with van der Waals surface area (Å²) in [6.45, 7) is 5.86. The average molecular weight is 300 g/mol. The van der Waals surface area contributed by atoms with Crippen LogP contribution in [0.15, 0.2) is 36.4 Å². The van der Waals surface area contributed by atoms with Crippen molar-refractivity contribution < 1.29 is 9.47 Å². The van der Waals surface area contributed by atoms with Crippen molar-refractivity contribution in [3.63, 3.8) is 0 Å². The van der Waals surface area contributed by atoms with Crippen molar-refractivity contribution in [3.8, 4) is 11.5 Å². The maximum atomic E-state index is 5.35. The van der Waals surface area contributed by atoms with Crippen LogP contribution in [0, 0.1) is 13.8 Å². The van der Waals surface area contributed by atoms with Crippen molar-refractivity contribution in [2.24, 2.45) is 0 Å². The van der Waals surface area contributed by atoms with Crippen LogP contribution < -0.4 is 20.1 Å². The number of anilines is 2. The first-order valence-electron chi connectivity index (χ1n) is 7.41. The van der Waals surface area contributed by atoms with E-state index in [0.29, 0.717) is 0 Å². The van der Waals surface area contributed by atoms with Crippen LogP contribution in [0.4, 0.5) is 11.4 Å². The lowest BCUT2D eigenvalue weighted by Crippen LogP contribution is -2.14. The molecule has 0 radical (unpaired) electrons. The minimum absolute atomic E-state index is 0.788. The van der Waals surface area contributed by atoms with Crippen LogP contribution >= 0.6 is 0 Å². The Labute approximate surface area is 132 Å². The third kappa shape index (κ3) is 4.07. The second kappa shape index (κ2) is 7.59. The molecule has 2 rings (SSSR count). The van der Waals surface area contributed by atoms with E-state index in [1.807, 2.05) is 18.2 Å². The summed E-state index contributed by atoms with van der Waals surface area (Å²) < 4.78 is 10.6. The fourth-order valence-corrected chi connectivity index (χ4v) is 2.21. The molecule has 0 atom stereocenters. The number of methoxy groups -OCH3 is 2. The van der Waals surface area contributed by atoms with Gasteiger partial charge in [0, 0.05) is 24.8 Å². The van der Waals surface area contributed by atoms with E-state index in [1.165, 1.54) is 11.1 Å². The second-order valence-electron chi connectivity index (χ2n) is 5.22. The normalized spacial score (nSPS) is 10.2. The Bertz CT molecular complexity index is 626. The number of aryl methyl sites for hydroxylation is 2. The smallest absolute Gasteiger partial charge is 0.142 e. The van der Waals surface area contributed by atoms with Gasteiger partial charge in [0.25, 0.3) is 0 Å². The van der Waals surface area contributed by atoms with Gasteiger partial charge in [0.05, 0.1) is 19.9 Å². The summed E-state index contributed by atoms with van der Waals surface area (Å²) in [6, 6.07) is 12.1. The van der Waals surface area contributed by atoms with Gasteiger partial charge in [-0.3, -0.25) is 0 Å². The Balaban J connectivity index is 1.89. The first-order chi connectivity index (χ1) is 10.6. The van der Waals surface area contributed by atoms with Gasteiger partial charge in [-0.1, -0.05) is 6.07 Å². The lowest BCUT2D eigenvalue weighted by molar-refractivity contribution is 0.404. The summed E-state index contributed by atoms with van der Waals surface area (Å²) >= 11 is 0. The standard InChI is InChI=1S/C18H24N2O2/c1-13-5-6-15(11-14(13)2)19-9-10-20-17-12-16(21-3)7-8-18(17)22-4/h5-8,11-12,19-20H,9-10H2,1-4H3. The van der Waals surface area contributed by atoms with E-state index in [4.69, 9.17) is 9.47 Å². The van der Waals surface area contributed by atoms with Crippen molar-refractivity contribution in [2.45, 2.75) is 13.8 Å². The highest BCUT2D eigenvalue weighted by molar-refractivity contribution is 5.60. The third-order valence-corrected chi connectivity index (χ3v) is 3.68. The molecule has 0 saturated heterocycles. The monoisotopic (exact) mass is 300 g/mol. The van der Waals surface area contributed by atoms with Crippen LogP contribution in [-0.2, 0) is 0 Å². The molecule has 2 aromatic carbocycles. The van der Waals surface area contributed by atoms with Crippen molar-refractivity contribution in [1.82, 2.24) is 0 Å². The van der Waals surface area contributed by atoms with Crippen molar-refractivity contribution in [3.05, 3.63) is 47.5 Å². The first kappa shape index (κ1) is 16.0. The number of nitrogens with one attached hydrogen (secondary N) is 2. The van der Waals surface area contributed by atoms with E-state index in [2.05, 4.69) is 42.7 Å². The lowest BCUT2D eigenvalue weighted by atomic mass is 10.1. The van der Waals surface area contributed by atoms with Crippen LogP contribution in [0.5, 0.6) is 11.5 Å². The molecule has 0 heterocycles. The van der Waals surface area contributed by atoms with E-state index in [9.17, 15) is 0 Å². The molecule has 0 bridgehead atoms. The number of ether oxygens (including phenoxy) is 2. The quantitative estimate of drug-likeness (QED) is 0.762. The molecule has 0 amide bonds. The summed E-state index contributed by atoms with van der Waals surface area (Å²) in [4.78, 5) is 0. The Kier molecular flexibility index (Phi) is 5.53. The van der Waals surface area contributed by atoms with Gasteiger partial charge in [0.1, 0.15) is 11.5 Å². The summed E-state index contributed by atoms with van der Waals surface area (Å²) in [5, 5.41) is 6.78. The fourth-order valence-electron chi connectivity index (χ4n) is 2.21. The molecule has 2 aromatic rings. The molecule has 4 nitrogen and oxygen atoms in total. The number of benzene rings is 2. The van der Waals surface area contributed by atoms with Gasteiger partial charge in [-0.15, -0.1) is 0 Å². The average Bonchev–Trinajstić information content (AvgIpc) is 2.54. The maximum Gasteiger partial charge on any atom is 0.142 e. The molecule has 118 valence electrons. The zero-order chi connectivity index (χ0) is 15.9. The van der Waals surface area contributed by atoms with Crippen molar-refractivity contribution in [2.75, 3.05) is 37.9 Å². The second-order valence-corrected chi connectivity index (χ2v) is 5.22. The highest BCUT2D eigenvalue weighted by Crippen LogP contribution is 2.28. The number of rotatable bonds is 7. The molecule has 0 fully saturated rings. The molecule has 0 saturated carbocycles. The minimum atomic E-state index is 0.788. The molecule has 2 N–H and O–H groups in total. The SMILES string of the molecule is COc1ccc(OC)c(NCCNc2ccc(C)c(C)c2)c1. The van der Waals surface area contributed by atoms with Gasteiger partial charge >= 0.3 is 0 Å². The molecular formula is C18H24N2O2. The zero-order valence-electron chi connectivity index (χ0n) is 13.7. The van der Waals surface area contributed by atoms with Gasteiger partial charge < -0.3 is 20.1 Å². The Morgan fingerprint density at radius 1 is 0.818 bits per heavy atom. The molecule has 22 heavy (non-hydrogen) atoms. The van der Waals surface area contributed by atoms with Crippen LogP contribution in [0.2, 0.25) is 0 Å². The number of hydrogen-bond donors (Lipinski definition) is 2. The lowest BCUT2D eigenvalue weighted by Gasteiger charge is -2.14. The number of hydrogen-bond acceptors (Lipinski definition) is 4. The summed E-state index contributed by atoms with van der Waals surface area (Å²) in [5.41, 5.74) is 4.68. The zero-order valence-corrected chi connectivity index (χ0v) is 13.7. The molecule has 0 aromatic heterocycles. The molecular weight excluding hydrogens is 276 g/mol. The van der Waals surface area contributed by atoms with E-state index in [0.717, 1.165) is 36.0 Å². The molecule has 0 spiro atoms. The van der Waals surface area contributed by atoms with Gasteiger partial charge in [0.2, 0.25) is 0 Å². The van der Waals surface area contributed by atoms with E-state index < -0.39 is 0 Å². The highest BCUT2D eigenvalue weighted by atomic mass is 16.5. The minimum Gasteiger partial charge on any atom is -0.497 e. The Morgan fingerprint density at radius 3 is 2.27 bits per heavy atom. The molecule has 0 aliphatic rings. The van der Waals surface area contributed by atoms with E-state index >= 15 is 0 Å². The molecule has 0 unspecified atom stereocenters. The van der Waals surface area contributed by atoms with Crippen molar-refractivity contribution in [1.29, 1.82) is 0 Å². The molecule has 4 heteroatoms. The van der Waals surface area contributed by atoms with Gasteiger partial charge in [-0.2, -0.15) is 0 Å². The highest BCUT2D eigenvalue weighted by Gasteiger charge is 2.04. The van der Waals surface area contributed by atoms with Crippen LogP contribution in [0.1, 0.15) is 11.1 Å². The predicted molar refractivity (Wildman–Crippen MR) is 92.4 cm³/mol. The Morgan fingerprint density at radius 2 is 1.59 bits per heavy atom. The largest absolute Gasteiger partial charge is 0.497 e. The van der Waals surface area contributed by atoms with E-state index in [-0.39, 0.29) is 0 Å².